The molecule has 0 bridgehead atoms. The Hall–Kier alpha value is -1.59. The number of piperidine rings is 1. The summed E-state index contributed by atoms with van der Waals surface area (Å²) in [7, 11) is 1.98. The highest BCUT2D eigenvalue weighted by Crippen LogP contribution is 2.42. The summed E-state index contributed by atoms with van der Waals surface area (Å²) in [6, 6.07) is 4.13. The van der Waals surface area contributed by atoms with Crippen LogP contribution >= 0.6 is 0 Å². The van der Waals surface area contributed by atoms with E-state index in [0.717, 1.165) is 57.0 Å². The van der Waals surface area contributed by atoms with Gasteiger partial charge in [-0.3, -0.25) is 9.58 Å². The third-order valence-corrected chi connectivity index (χ3v) is 5.35. The molecule has 0 saturated carbocycles. The van der Waals surface area contributed by atoms with Gasteiger partial charge in [0.05, 0.1) is 24.9 Å². The summed E-state index contributed by atoms with van der Waals surface area (Å²) < 4.78 is 13.9. The summed E-state index contributed by atoms with van der Waals surface area (Å²) in [6.45, 7) is 5.91. The van der Waals surface area contributed by atoms with Crippen LogP contribution in [0, 0.1) is 6.92 Å². The largest absolute Gasteiger partial charge is 0.465 e. The standard InChI is InChI=1S/C18H25N3O2/c1-14-3-4-17(23-14)12-21-7-5-18(6-8-21)9-15(13-22-18)16-10-19-20(2)11-16/h3-4,10-11,15H,5-9,12-13H2,1-2H3/t15-/m1/s1. The number of aryl methyl sites for hydroxylation is 2. The van der Waals surface area contributed by atoms with E-state index in [4.69, 9.17) is 9.15 Å². The molecule has 2 aliphatic rings. The van der Waals surface area contributed by atoms with E-state index in [9.17, 15) is 0 Å². The van der Waals surface area contributed by atoms with Crippen LogP contribution in [0.4, 0.5) is 0 Å². The Bertz CT molecular complexity index is 667. The van der Waals surface area contributed by atoms with Crippen LogP contribution in [0.3, 0.4) is 0 Å². The zero-order valence-corrected chi connectivity index (χ0v) is 14.0. The second kappa shape index (κ2) is 5.80. The van der Waals surface area contributed by atoms with Crippen LogP contribution in [0.25, 0.3) is 0 Å². The van der Waals surface area contributed by atoms with Crippen LogP contribution in [-0.2, 0) is 18.3 Å². The maximum atomic E-state index is 6.27. The zero-order chi connectivity index (χ0) is 15.9. The van der Waals surface area contributed by atoms with E-state index in [1.807, 2.05) is 30.9 Å². The first-order chi connectivity index (χ1) is 11.1. The molecule has 0 N–H and O–H groups in total. The van der Waals surface area contributed by atoms with Gasteiger partial charge in [0.1, 0.15) is 11.5 Å². The second-order valence-electron chi connectivity index (χ2n) is 7.13. The summed E-state index contributed by atoms with van der Waals surface area (Å²) in [5.41, 5.74) is 1.40. The number of likely N-dealkylation sites (tertiary alicyclic amines) is 1. The van der Waals surface area contributed by atoms with Crippen molar-refractivity contribution < 1.29 is 9.15 Å². The summed E-state index contributed by atoms with van der Waals surface area (Å²) >= 11 is 0. The van der Waals surface area contributed by atoms with Crippen LogP contribution in [0.1, 0.15) is 42.3 Å². The summed E-state index contributed by atoms with van der Waals surface area (Å²) in [5.74, 6) is 2.56. The number of furan rings is 1. The van der Waals surface area contributed by atoms with E-state index in [-0.39, 0.29) is 5.60 Å². The molecule has 0 aromatic carbocycles. The van der Waals surface area contributed by atoms with Gasteiger partial charge in [-0.2, -0.15) is 5.10 Å². The van der Waals surface area contributed by atoms with Crippen molar-refractivity contribution in [3.05, 3.63) is 41.6 Å². The normalized spacial score (nSPS) is 24.5. The van der Waals surface area contributed by atoms with Crippen molar-refractivity contribution in [3.63, 3.8) is 0 Å². The molecule has 2 saturated heterocycles. The van der Waals surface area contributed by atoms with E-state index < -0.39 is 0 Å². The highest BCUT2D eigenvalue weighted by molar-refractivity contribution is 5.15. The number of nitrogens with zero attached hydrogens (tertiary/aromatic N) is 3. The summed E-state index contributed by atoms with van der Waals surface area (Å²) in [6.07, 6.45) is 7.47. The van der Waals surface area contributed by atoms with Crippen molar-refractivity contribution in [1.82, 2.24) is 14.7 Å². The molecule has 4 rings (SSSR count). The Labute approximate surface area is 137 Å². The first kappa shape index (κ1) is 15.0. The molecule has 5 heteroatoms. The predicted octanol–water partition coefficient (Wildman–Crippen LogP) is 2.86. The molecule has 0 amide bonds. The molecule has 0 aliphatic carbocycles. The lowest BCUT2D eigenvalue weighted by Gasteiger charge is -2.38. The van der Waals surface area contributed by atoms with Crippen molar-refractivity contribution in [2.45, 2.75) is 44.2 Å². The molecule has 1 atom stereocenters. The molecule has 2 aromatic rings. The number of ether oxygens (including phenoxy) is 1. The van der Waals surface area contributed by atoms with E-state index in [1.165, 1.54) is 5.56 Å². The Morgan fingerprint density at radius 2 is 2.13 bits per heavy atom. The van der Waals surface area contributed by atoms with Gasteiger partial charge >= 0.3 is 0 Å². The average molecular weight is 315 g/mol. The first-order valence-electron chi connectivity index (χ1n) is 8.52. The van der Waals surface area contributed by atoms with Gasteiger partial charge < -0.3 is 9.15 Å². The molecule has 2 aliphatic heterocycles. The Morgan fingerprint density at radius 1 is 1.30 bits per heavy atom. The van der Waals surface area contributed by atoms with Crippen LogP contribution in [0.2, 0.25) is 0 Å². The molecule has 2 aromatic heterocycles. The van der Waals surface area contributed by atoms with E-state index in [1.54, 1.807) is 0 Å². The maximum Gasteiger partial charge on any atom is 0.118 e. The highest BCUT2D eigenvalue weighted by atomic mass is 16.5. The van der Waals surface area contributed by atoms with Gasteiger partial charge in [-0.1, -0.05) is 0 Å². The Kier molecular flexibility index (Phi) is 3.77. The lowest BCUT2D eigenvalue weighted by atomic mass is 9.84. The van der Waals surface area contributed by atoms with E-state index in [0.29, 0.717) is 5.92 Å². The topological polar surface area (TPSA) is 43.4 Å². The van der Waals surface area contributed by atoms with Gasteiger partial charge in [0, 0.05) is 32.3 Å². The Balaban J connectivity index is 1.34. The van der Waals surface area contributed by atoms with Gasteiger partial charge in [0.15, 0.2) is 0 Å². The molecule has 2 fully saturated rings. The number of aromatic nitrogens is 2. The van der Waals surface area contributed by atoms with Crippen molar-refractivity contribution in [2.75, 3.05) is 19.7 Å². The third-order valence-electron chi connectivity index (χ3n) is 5.35. The minimum atomic E-state index is 0.0795. The van der Waals surface area contributed by atoms with Gasteiger partial charge in [-0.05, 0) is 43.9 Å². The Morgan fingerprint density at radius 3 is 2.78 bits per heavy atom. The van der Waals surface area contributed by atoms with Crippen molar-refractivity contribution in [2.24, 2.45) is 7.05 Å². The lowest BCUT2D eigenvalue weighted by Crippen LogP contribution is -2.43. The third kappa shape index (κ3) is 3.08. The fourth-order valence-corrected chi connectivity index (χ4v) is 3.97. The van der Waals surface area contributed by atoms with E-state index in [2.05, 4.69) is 22.3 Å². The van der Waals surface area contributed by atoms with Gasteiger partial charge in [0.2, 0.25) is 0 Å². The van der Waals surface area contributed by atoms with Crippen LogP contribution in [0.5, 0.6) is 0 Å². The molecule has 124 valence electrons. The fourth-order valence-electron chi connectivity index (χ4n) is 3.97. The predicted molar refractivity (Wildman–Crippen MR) is 87.2 cm³/mol. The minimum Gasteiger partial charge on any atom is -0.465 e. The molecular formula is C18H25N3O2. The van der Waals surface area contributed by atoms with Crippen LogP contribution in [-0.4, -0.2) is 40.0 Å². The van der Waals surface area contributed by atoms with Crippen molar-refractivity contribution in [1.29, 1.82) is 0 Å². The van der Waals surface area contributed by atoms with Crippen molar-refractivity contribution >= 4 is 0 Å². The molecule has 0 unspecified atom stereocenters. The molecule has 1 spiro atoms. The van der Waals surface area contributed by atoms with Crippen LogP contribution < -0.4 is 0 Å². The van der Waals surface area contributed by atoms with Gasteiger partial charge in [0.25, 0.3) is 0 Å². The molecular weight excluding hydrogens is 290 g/mol. The second-order valence-corrected chi connectivity index (χ2v) is 7.13. The summed E-state index contributed by atoms with van der Waals surface area (Å²) in [5, 5.41) is 4.30. The first-order valence-corrected chi connectivity index (χ1v) is 8.52. The highest BCUT2D eigenvalue weighted by Gasteiger charge is 2.43. The maximum absolute atomic E-state index is 6.27. The van der Waals surface area contributed by atoms with Gasteiger partial charge in [-0.25, -0.2) is 0 Å². The molecule has 5 nitrogen and oxygen atoms in total. The summed E-state index contributed by atoms with van der Waals surface area (Å²) in [4.78, 5) is 2.48. The average Bonchev–Trinajstić information content (AvgIpc) is 3.24. The smallest absolute Gasteiger partial charge is 0.118 e. The van der Waals surface area contributed by atoms with Crippen LogP contribution in [0.15, 0.2) is 28.9 Å². The van der Waals surface area contributed by atoms with E-state index >= 15 is 0 Å². The van der Waals surface area contributed by atoms with Crippen molar-refractivity contribution in [3.8, 4) is 0 Å². The molecule has 23 heavy (non-hydrogen) atoms. The SMILES string of the molecule is Cc1ccc(CN2CCC3(CC2)C[C@@H](c2cnn(C)c2)CO3)o1. The quantitative estimate of drug-likeness (QED) is 0.873. The monoisotopic (exact) mass is 315 g/mol. The number of rotatable bonds is 3. The molecule has 4 heterocycles. The molecule has 0 radical (unpaired) electrons. The number of hydrogen-bond donors (Lipinski definition) is 0. The van der Waals surface area contributed by atoms with Gasteiger partial charge in [-0.15, -0.1) is 0 Å². The zero-order valence-electron chi connectivity index (χ0n) is 14.0. The fraction of sp³-hybridized carbons (Fsp3) is 0.611. The minimum absolute atomic E-state index is 0.0795. The lowest BCUT2D eigenvalue weighted by molar-refractivity contribution is -0.0457. The number of hydrogen-bond acceptors (Lipinski definition) is 4.